The molecule has 0 spiro atoms. The van der Waals surface area contributed by atoms with Gasteiger partial charge in [-0.3, -0.25) is 14.6 Å². The summed E-state index contributed by atoms with van der Waals surface area (Å²) in [7, 11) is 0. The van der Waals surface area contributed by atoms with E-state index in [1.54, 1.807) is 19.1 Å². The van der Waals surface area contributed by atoms with E-state index in [0.29, 0.717) is 17.5 Å². The predicted molar refractivity (Wildman–Crippen MR) is 82.4 cm³/mol. The molecule has 0 radical (unpaired) electrons. The Morgan fingerprint density at radius 1 is 1.38 bits per heavy atom. The SMILES string of the molecule is C[C@H](NC(=O)COc1ccccc1)C(=O)NC1=NCCS1. The average molecular weight is 307 g/mol. The number of amides is 2. The fourth-order valence-electron chi connectivity index (χ4n) is 1.64. The number of nitrogens with zero attached hydrogens (tertiary/aromatic N) is 1. The van der Waals surface area contributed by atoms with E-state index in [1.165, 1.54) is 11.8 Å². The van der Waals surface area contributed by atoms with Gasteiger partial charge in [-0.1, -0.05) is 30.0 Å². The number of aliphatic imine (C=N–C) groups is 1. The van der Waals surface area contributed by atoms with Crippen LogP contribution in [0.4, 0.5) is 0 Å². The highest BCUT2D eigenvalue weighted by Crippen LogP contribution is 2.09. The van der Waals surface area contributed by atoms with Gasteiger partial charge in [-0.25, -0.2) is 0 Å². The van der Waals surface area contributed by atoms with Gasteiger partial charge in [0.05, 0.1) is 6.54 Å². The van der Waals surface area contributed by atoms with Crippen molar-refractivity contribution in [2.24, 2.45) is 4.99 Å². The van der Waals surface area contributed by atoms with Crippen LogP contribution in [-0.2, 0) is 9.59 Å². The Kier molecular flexibility index (Phi) is 5.62. The molecule has 1 atom stereocenters. The summed E-state index contributed by atoms with van der Waals surface area (Å²) in [6.45, 7) is 2.21. The number of thioether (sulfide) groups is 1. The number of rotatable bonds is 5. The van der Waals surface area contributed by atoms with Crippen molar-refractivity contribution in [2.75, 3.05) is 18.9 Å². The molecule has 21 heavy (non-hydrogen) atoms. The molecule has 112 valence electrons. The topological polar surface area (TPSA) is 79.8 Å². The second-order valence-corrected chi connectivity index (χ2v) is 5.50. The third-order valence-corrected chi connectivity index (χ3v) is 3.59. The number of carbonyl (C=O) groups excluding carboxylic acids is 2. The third-order valence-electron chi connectivity index (χ3n) is 2.70. The molecule has 2 amide bonds. The number of nitrogens with one attached hydrogen (secondary N) is 2. The summed E-state index contributed by atoms with van der Waals surface area (Å²) in [6, 6.07) is 8.40. The van der Waals surface area contributed by atoms with Gasteiger partial charge in [0.15, 0.2) is 11.8 Å². The van der Waals surface area contributed by atoms with E-state index in [9.17, 15) is 9.59 Å². The minimum atomic E-state index is -0.638. The first-order chi connectivity index (χ1) is 10.1. The Hall–Kier alpha value is -2.02. The molecule has 1 aromatic carbocycles. The molecule has 1 aromatic rings. The lowest BCUT2D eigenvalue weighted by atomic mass is 10.3. The van der Waals surface area contributed by atoms with Crippen LogP contribution in [0.1, 0.15) is 6.92 Å². The summed E-state index contributed by atoms with van der Waals surface area (Å²) in [5.74, 6) is 0.863. The maximum atomic E-state index is 11.8. The van der Waals surface area contributed by atoms with Crippen molar-refractivity contribution in [3.63, 3.8) is 0 Å². The molecule has 1 aliphatic heterocycles. The van der Waals surface area contributed by atoms with Crippen molar-refractivity contribution in [2.45, 2.75) is 13.0 Å². The van der Waals surface area contributed by atoms with E-state index in [0.717, 1.165) is 5.75 Å². The lowest BCUT2D eigenvalue weighted by Gasteiger charge is -2.14. The second-order valence-electron chi connectivity index (χ2n) is 4.42. The summed E-state index contributed by atoms with van der Waals surface area (Å²) >= 11 is 1.50. The van der Waals surface area contributed by atoms with Gasteiger partial charge in [-0.2, -0.15) is 0 Å². The number of benzene rings is 1. The Bertz CT molecular complexity index is 534. The normalized spacial score (nSPS) is 15.0. The first-order valence-corrected chi connectivity index (χ1v) is 7.59. The molecule has 0 saturated carbocycles. The number of para-hydroxylation sites is 1. The molecule has 2 N–H and O–H groups in total. The smallest absolute Gasteiger partial charge is 0.258 e. The molecule has 7 heteroatoms. The van der Waals surface area contributed by atoms with Crippen molar-refractivity contribution < 1.29 is 14.3 Å². The number of hydrogen-bond acceptors (Lipinski definition) is 5. The molecule has 2 rings (SSSR count). The van der Waals surface area contributed by atoms with Gasteiger partial charge in [-0.15, -0.1) is 0 Å². The van der Waals surface area contributed by atoms with E-state index in [4.69, 9.17) is 4.74 Å². The van der Waals surface area contributed by atoms with Crippen LogP contribution in [0.5, 0.6) is 5.75 Å². The van der Waals surface area contributed by atoms with Crippen LogP contribution < -0.4 is 15.4 Å². The lowest BCUT2D eigenvalue weighted by molar-refractivity contribution is -0.128. The number of ether oxygens (including phenoxy) is 1. The van der Waals surface area contributed by atoms with Crippen molar-refractivity contribution >= 4 is 28.7 Å². The third kappa shape index (κ3) is 5.11. The highest BCUT2D eigenvalue weighted by Gasteiger charge is 2.18. The van der Waals surface area contributed by atoms with E-state index in [1.807, 2.05) is 18.2 Å². The zero-order chi connectivity index (χ0) is 15.1. The quantitative estimate of drug-likeness (QED) is 0.843. The number of hydrogen-bond donors (Lipinski definition) is 2. The number of carbonyl (C=O) groups is 2. The Morgan fingerprint density at radius 3 is 2.81 bits per heavy atom. The predicted octanol–water partition coefficient (Wildman–Crippen LogP) is 0.789. The minimum Gasteiger partial charge on any atom is -0.484 e. The monoisotopic (exact) mass is 307 g/mol. The van der Waals surface area contributed by atoms with Gasteiger partial charge in [0.2, 0.25) is 5.91 Å². The van der Waals surface area contributed by atoms with Crippen molar-refractivity contribution in [3.05, 3.63) is 30.3 Å². The average Bonchev–Trinajstić information content (AvgIpc) is 2.99. The number of amidine groups is 1. The van der Waals surface area contributed by atoms with E-state index in [-0.39, 0.29) is 18.4 Å². The van der Waals surface area contributed by atoms with Crippen LogP contribution in [0, 0.1) is 0 Å². The maximum absolute atomic E-state index is 11.8. The lowest BCUT2D eigenvalue weighted by Crippen LogP contribution is -2.47. The Balaban J connectivity index is 1.72. The fraction of sp³-hybridized carbons (Fsp3) is 0.357. The Morgan fingerprint density at radius 2 is 2.14 bits per heavy atom. The van der Waals surface area contributed by atoms with Crippen molar-refractivity contribution in [3.8, 4) is 5.75 Å². The van der Waals surface area contributed by atoms with Crippen molar-refractivity contribution in [1.29, 1.82) is 0 Å². The molecule has 0 bridgehead atoms. The van der Waals surface area contributed by atoms with Crippen LogP contribution in [-0.4, -0.2) is 41.9 Å². The summed E-state index contributed by atoms with van der Waals surface area (Å²) in [6.07, 6.45) is 0. The fourth-order valence-corrected chi connectivity index (χ4v) is 2.37. The molecular formula is C14H17N3O3S. The van der Waals surface area contributed by atoms with Crippen LogP contribution in [0.3, 0.4) is 0 Å². The van der Waals surface area contributed by atoms with E-state index < -0.39 is 6.04 Å². The maximum Gasteiger partial charge on any atom is 0.258 e. The van der Waals surface area contributed by atoms with Gasteiger partial charge in [0.25, 0.3) is 5.91 Å². The van der Waals surface area contributed by atoms with Gasteiger partial charge in [0, 0.05) is 5.75 Å². The molecule has 0 fully saturated rings. The zero-order valence-electron chi connectivity index (χ0n) is 11.7. The molecule has 0 aromatic heterocycles. The highest BCUT2D eigenvalue weighted by atomic mass is 32.2. The molecule has 1 heterocycles. The van der Waals surface area contributed by atoms with E-state index in [2.05, 4.69) is 15.6 Å². The van der Waals surface area contributed by atoms with Crippen LogP contribution in [0.25, 0.3) is 0 Å². The van der Waals surface area contributed by atoms with Crippen LogP contribution >= 0.6 is 11.8 Å². The second kappa shape index (κ2) is 7.68. The van der Waals surface area contributed by atoms with Crippen LogP contribution in [0.15, 0.2) is 35.3 Å². The van der Waals surface area contributed by atoms with Gasteiger partial charge >= 0.3 is 0 Å². The summed E-state index contributed by atoms with van der Waals surface area (Å²) in [5.41, 5.74) is 0. The summed E-state index contributed by atoms with van der Waals surface area (Å²) in [5, 5.41) is 5.87. The molecule has 0 saturated heterocycles. The molecule has 6 nitrogen and oxygen atoms in total. The molecular weight excluding hydrogens is 290 g/mol. The molecule has 0 unspecified atom stereocenters. The molecule has 0 aliphatic carbocycles. The first-order valence-electron chi connectivity index (χ1n) is 6.60. The minimum absolute atomic E-state index is 0.128. The summed E-state index contributed by atoms with van der Waals surface area (Å²) < 4.78 is 5.31. The van der Waals surface area contributed by atoms with Crippen LogP contribution in [0.2, 0.25) is 0 Å². The largest absolute Gasteiger partial charge is 0.484 e. The zero-order valence-corrected chi connectivity index (χ0v) is 12.5. The Labute approximate surface area is 127 Å². The van der Waals surface area contributed by atoms with Crippen molar-refractivity contribution in [1.82, 2.24) is 10.6 Å². The van der Waals surface area contributed by atoms with Gasteiger partial charge in [-0.05, 0) is 19.1 Å². The first kappa shape index (κ1) is 15.4. The summed E-state index contributed by atoms with van der Waals surface area (Å²) in [4.78, 5) is 27.7. The molecule has 1 aliphatic rings. The van der Waals surface area contributed by atoms with Gasteiger partial charge in [0.1, 0.15) is 11.8 Å². The van der Waals surface area contributed by atoms with E-state index >= 15 is 0 Å². The van der Waals surface area contributed by atoms with Gasteiger partial charge < -0.3 is 15.4 Å². The highest BCUT2D eigenvalue weighted by molar-refractivity contribution is 8.14. The standard InChI is InChI=1S/C14H17N3O3S/c1-10(13(19)17-14-15-7-8-21-14)16-12(18)9-20-11-5-3-2-4-6-11/h2-6,10H,7-9H2,1H3,(H,16,18)(H,15,17,19)/t10-/m0/s1.